The van der Waals surface area contributed by atoms with Crippen LogP contribution in [0, 0.1) is 25.5 Å². The van der Waals surface area contributed by atoms with Crippen LogP contribution in [0.4, 0.5) is 8.78 Å². The number of ketones is 1. The molecule has 0 aliphatic heterocycles. The summed E-state index contributed by atoms with van der Waals surface area (Å²) in [5.74, 6) is -0.830. The zero-order chi connectivity index (χ0) is 30.1. The second-order valence-corrected chi connectivity index (χ2v) is 9.66. The van der Waals surface area contributed by atoms with Crippen molar-refractivity contribution in [2.75, 3.05) is 14.2 Å². The van der Waals surface area contributed by atoms with Crippen molar-refractivity contribution in [2.45, 2.75) is 20.3 Å². The Kier molecular flexibility index (Phi) is 7.71. The number of rotatable bonds is 8. The number of aromatic nitrogens is 3. The Labute approximate surface area is 240 Å². The summed E-state index contributed by atoms with van der Waals surface area (Å²) in [6.45, 7) is 3.45. The molecule has 0 amide bonds. The van der Waals surface area contributed by atoms with Crippen molar-refractivity contribution in [2.24, 2.45) is 7.05 Å². The van der Waals surface area contributed by atoms with Gasteiger partial charge in [-0.2, -0.15) is 0 Å². The number of hydrogen-bond donors (Lipinski definition) is 0. The molecule has 5 rings (SSSR count). The molecule has 3 aromatic heterocycles. The van der Waals surface area contributed by atoms with Gasteiger partial charge in [0.25, 0.3) is 5.88 Å². The molecule has 0 fully saturated rings. The van der Waals surface area contributed by atoms with Gasteiger partial charge < -0.3 is 18.8 Å². The van der Waals surface area contributed by atoms with E-state index in [9.17, 15) is 14.0 Å². The number of ether oxygens (including phenoxy) is 3. The number of Topliss-reactive ketones (excluding diaryl/α,β-unsaturated/α-hetero) is 1. The highest BCUT2D eigenvalue weighted by Gasteiger charge is 2.23. The first-order valence-corrected chi connectivity index (χ1v) is 13.0. The van der Waals surface area contributed by atoms with Crippen LogP contribution in [0.25, 0.3) is 22.2 Å². The Hall–Kier alpha value is -5.12. The van der Waals surface area contributed by atoms with E-state index in [1.54, 1.807) is 43.7 Å². The maximum atomic E-state index is 15.2. The van der Waals surface area contributed by atoms with E-state index in [0.717, 1.165) is 0 Å². The number of carbonyl (C=O) groups is 1. The zero-order valence-corrected chi connectivity index (χ0v) is 23.6. The Morgan fingerprint density at radius 1 is 0.905 bits per heavy atom. The molecule has 0 radical (unpaired) electrons. The van der Waals surface area contributed by atoms with Crippen LogP contribution in [0.5, 0.6) is 23.1 Å². The topological polar surface area (TPSA) is 92.5 Å². The third kappa shape index (κ3) is 5.18. The first-order valence-electron chi connectivity index (χ1n) is 13.0. The van der Waals surface area contributed by atoms with Crippen LogP contribution in [-0.4, -0.2) is 34.5 Å². The molecule has 5 aromatic rings. The van der Waals surface area contributed by atoms with Crippen LogP contribution in [0.3, 0.4) is 0 Å². The number of methoxy groups -OCH3 is 2. The third-order valence-electron chi connectivity index (χ3n) is 7.20. The summed E-state index contributed by atoms with van der Waals surface area (Å²) >= 11 is 0. The minimum absolute atomic E-state index is 0.00173. The Morgan fingerprint density at radius 3 is 2.31 bits per heavy atom. The zero-order valence-electron chi connectivity index (χ0n) is 23.6. The van der Waals surface area contributed by atoms with Crippen LogP contribution < -0.4 is 19.6 Å². The number of halogens is 2. The van der Waals surface area contributed by atoms with Crippen LogP contribution in [0.2, 0.25) is 0 Å². The van der Waals surface area contributed by atoms with Crippen molar-refractivity contribution in [3.05, 3.63) is 105 Å². The second kappa shape index (κ2) is 11.4. The fourth-order valence-corrected chi connectivity index (χ4v) is 4.84. The van der Waals surface area contributed by atoms with Gasteiger partial charge in [0.05, 0.1) is 25.3 Å². The van der Waals surface area contributed by atoms with E-state index < -0.39 is 22.8 Å². The van der Waals surface area contributed by atoms with Gasteiger partial charge in [-0.1, -0.05) is 18.2 Å². The molecule has 0 bridgehead atoms. The van der Waals surface area contributed by atoms with Crippen molar-refractivity contribution >= 4 is 16.8 Å². The Bertz CT molecular complexity index is 1900. The lowest BCUT2D eigenvalue weighted by molar-refractivity contribution is 0.0990. The van der Waals surface area contributed by atoms with E-state index >= 15 is 4.39 Å². The molecule has 0 aliphatic carbocycles. The van der Waals surface area contributed by atoms with Crippen LogP contribution in [0.1, 0.15) is 27.3 Å². The fraction of sp³-hybridized carbons (Fsp3) is 0.188. The third-order valence-corrected chi connectivity index (χ3v) is 7.20. The van der Waals surface area contributed by atoms with Gasteiger partial charge in [-0.25, -0.2) is 13.8 Å². The SMILES string of the molecule is COc1cc2nccc(Oc3ccc(CC(=O)c4c(C)n(C)c(C)c(-c5ccc(F)cc5)c4=O)cc3F)c2nc1OC. The molecule has 3 heterocycles. The normalized spacial score (nSPS) is 11.0. The van der Waals surface area contributed by atoms with Gasteiger partial charge in [0, 0.05) is 48.7 Å². The van der Waals surface area contributed by atoms with Crippen LogP contribution in [-0.2, 0) is 13.5 Å². The molecule has 10 heteroatoms. The van der Waals surface area contributed by atoms with Crippen molar-refractivity contribution in [1.29, 1.82) is 0 Å². The van der Waals surface area contributed by atoms with Gasteiger partial charge >= 0.3 is 0 Å². The highest BCUT2D eigenvalue weighted by Crippen LogP contribution is 2.35. The molecule has 42 heavy (non-hydrogen) atoms. The number of fused-ring (bicyclic) bond motifs is 1. The predicted molar refractivity (Wildman–Crippen MR) is 154 cm³/mol. The number of nitrogens with zero attached hydrogens (tertiary/aromatic N) is 3. The standard InChI is InChI=1S/C32H27F2N3O5/c1-17-28(20-7-9-21(33)10-8-20)31(39)29(18(2)37(17)3)24(38)15-19-6-11-25(22(34)14-19)42-26-12-13-35-23-16-27(40-4)32(41-5)36-30(23)26/h6-14,16H,15H2,1-5H3. The second-order valence-electron chi connectivity index (χ2n) is 9.66. The lowest BCUT2D eigenvalue weighted by Crippen LogP contribution is -2.25. The molecule has 0 aliphatic rings. The lowest BCUT2D eigenvalue weighted by Gasteiger charge is -2.17. The molecule has 0 unspecified atom stereocenters. The number of carbonyl (C=O) groups excluding carboxylic acids is 1. The Morgan fingerprint density at radius 2 is 1.64 bits per heavy atom. The van der Waals surface area contributed by atoms with Gasteiger partial charge in [-0.3, -0.25) is 14.6 Å². The molecular weight excluding hydrogens is 544 g/mol. The number of hydrogen-bond acceptors (Lipinski definition) is 7. The van der Waals surface area contributed by atoms with E-state index in [1.807, 2.05) is 0 Å². The minimum atomic E-state index is -0.703. The molecule has 214 valence electrons. The summed E-state index contributed by atoms with van der Waals surface area (Å²) in [5.41, 5.74) is 2.66. The van der Waals surface area contributed by atoms with Crippen molar-refractivity contribution in [1.82, 2.24) is 14.5 Å². The highest BCUT2D eigenvalue weighted by molar-refractivity contribution is 5.99. The maximum Gasteiger partial charge on any atom is 0.257 e. The predicted octanol–water partition coefficient (Wildman–Crippen LogP) is 6.13. The summed E-state index contributed by atoms with van der Waals surface area (Å²) in [7, 11) is 4.68. The molecule has 0 spiro atoms. The van der Waals surface area contributed by atoms with E-state index in [1.165, 1.54) is 56.8 Å². The van der Waals surface area contributed by atoms with Crippen LogP contribution >= 0.6 is 0 Å². The number of benzene rings is 2. The summed E-state index contributed by atoms with van der Waals surface area (Å²) in [6, 6.07) is 12.9. The average molecular weight is 572 g/mol. The van der Waals surface area contributed by atoms with E-state index in [-0.39, 0.29) is 29.4 Å². The van der Waals surface area contributed by atoms with E-state index in [2.05, 4.69) is 9.97 Å². The van der Waals surface area contributed by atoms with Crippen molar-refractivity contribution in [3.8, 4) is 34.3 Å². The van der Waals surface area contributed by atoms with Gasteiger partial charge in [0.2, 0.25) is 5.43 Å². The van der Waals surface area contributed by atoms with Gasteiger partial charge in [-0.05, 0) is 49.2 Å². The van der Waals surface area contributed by atoms with E-state index in [4.69, 9.17) is 14.2 Å². The van der Waals surface area contributed by atoms with Crippen LogP contribution in [0.15, 0.2) is 65.6 Å². The first-order chi connectivity index (χ1) is 20.1. The number of pyridine rings is 3. The molecule has 0 N–H and O–H groups in total. The van der Waals surface area contributed by atoms with Crippen molar-refractivity contribution < 1.29 is 27.8 Å². The Balaban J connectivity index is 1.45. The quantitative estimate of drug-likeness (QED) is 0.207. The first kappa shape index (κ1) is 28.4. The molecule has 0 atom stereocenters. The van der Waals surface area contributed by atoms with Gasteiger partial charge in [0.1, 0.15) is 11.3 Å². The molecule has 0 saturated carbocycles. The molecule has 0 saturated heterocycles. The molecule has 8 nitrogen and oxygen atoms in total. The largest absolute Gasteiger partial charge is 0.491 e. The van der Waals surface area contributed by atoms with Gasteiger partial charge in [0.15, 0.2) is 28.8 Å². The minimum Gasteiger partial charge on any atom is -0.491 e. The summed E-state index contributed by atoms with van der Waals surface area (Å²) < 4.78 is 46.9. The molecular formula is C32H27F2N3O5. The lowest BCUT2D eigenvalue weighted by atomic mass is 9.95. The van der Waals surface area contributed by atoms with E-state index in [0.29, 0.717) is 44.9 Å². The highest BCUT2D eigenvalue weighted by atomic mass is 19.1. The molecule has 2 aromatic carbocycles. The summed E-state index contributed by atoms with van der Waals surface area (Å²) in [4.78, 5) is 35.6. The average Bonchev–Trinajstić information content (AvgIpc) is 2.98. The monoisotopic (exact) mass is 571 g/mol. The summed E-state index contributed by atoms with van der Waals surface area (Å²) in [5, 5.41) is 0. The smallest absolute Gasteiger partial charge is 0.257 e. The van der Waals surface area contributed by atoms with Crippen molar-refractivity contribution in [3.63, 3.8) is 0 Å². The summed E-state index contributed by atoms with van der Waals surface area (Å²) in [6.07, 6.45) is 1.29. The fourth-order valence-electron chi connectivity index (χ4n) is 4.84. The van der Waals surface area contributed by atoms with Gasteiger partial charge in [-0.15, -0.1) is 0 Å². The maximum absolute atomic E-state index is 15.2.